The van der Waals surface area contributed by atoms with Crippen LogP contribution in [0.15, 0.2) is 18.2 Å². The van der Waals surface area contributed by atoms with E-state index < -0.39 is 0 Å². The topological polar surface area (TPSA) is 55.8 Å². The highest BCUT2D eigenvalue weighted by atomic mass is 16.5. The van der Waals surface area contributed by atoms with Crippen LogP contribution in [0.25, 0.3) is 0 Å². The molecule has 5 nitrogen and oxygen atoms in total. The Hall–Kier alpha value is -2.04. The summed E-state index contributed by atoms with van der Waals surface area (Å²) in [6, 6.07) is 5.91. The molecule has 1 unspecified atom stereocenters. The minimum atomic E-state index is -0.193. The summed E-state index contributed by atoms with van der Waals surface area (Å²) in [5.41, 5.74) is 2.28. The zero-order chi connectivity index (χ0) is 17.5. The molecular weight excluding hydrogens is 306 g/mol. The van der Waals surface area contributed by atoms with Crippen molar-refractivity contribution < 1.29 is 19.1 Å². The molecule has 0 aliphatic carbocycles. The Bertz CT molecular complexity index is 585. The van der Waals surface area contributed by atoms with E-state index in [1.54, 1.807) is 11.8 Å². The number of benzene rings is 1. The van der Waals surface area contributed by atoms with Gasteiger partial charge in [-0.2, -0.15) is 0 Å². The molecule has 1 aromatic carbocycles. The van der Waals surface area contributed by atoms with Gasteiger partial charge in [-0.1, -0.05) is 12.1 Å². The van der Waals surface area contributed by atoms with Crippen molar-refractivity contribution in [3.63, 3.8) is 0 Å². The van der Waals surface area contributed by atoms with Gasteiger partial charge in [0.25, 0.3) is 0 Å². The highest BCUT2D eigenvalue weighted by Crippen LogP contribution is 2.21. The van der Waals surface area contributed by atoms with Crippen LogP contribution in [-0.4, -0.2) is 43.1 Å². The average molecular weight is 333 g/mol. The molecule has 1 saturated heterocycles. The first-order valence-electron chi connectivity index (χ1n) is 8.66. The number of hydrogen-bond donors (Lipinski definition) is 0. The maximum atomic E-state index is 12.4. The normalized spacial score (nSPS) is 17.5. The Labute approximate surface area is 143 Å². The highest BCUT2D eigenvalue weighted by molar-refractivity contribution is 5.78. The lowest BCUT2D eigenvalue weighted by molar-refractivity contribution is -0.151. The number of likely N-dealkylation sites (tertiary alicyclic amines) is 1. The zero-order valence-corrected chi connectivity index (χ0v) is 14.8. The van der Waals surface area contributed by atoms with Crippen LogP contribution in [0.5, 0.6) is 5.75 Å². The van der Waals surface area contributed by atoms with Gasteiger partial charge < -0.3 is 14.4 Å². The molecule has 132 valence electrons. The van der Waals surface area contributed by atoms with Gasteiger partial charge in [0.1, 0.15) is 5.75 Å². The third-order valence-corrected chi connectivity index (χ3v) is 4.52. The van der Waals surface area contributed by atoms with Crippen molar-refractivity contribution in [2.45, 2.75) is 40.0 Å². The Balaban J connectivity index is 1.81. The van der Waals surface area contributed by atoms with Gasteiger partial charge in [0.05, 0.1) is 25.6 Å². The van der Waals surface area contributed by atoms with Crippen molar-refractivity contribution in [3.8, 4) is 5.75 Å². The fraction of sp³-hybridized carbons (Fsp3) is 0.579. The number of ether oxygens (including phenoxy) is 2. The number of esters is 1. The summed E-state index contributed by atoms with van der Waals surface area (Å²) in [6.07, 6.45) is 1.96. The number of carbonyl (C=O) groups excluding carboxylic acids is 2. The van der Waals surface area contributed by atoms with Gasteiger partial charge in [0.15, 0.2) is 0 Å². The van der Waals surface area contributed by atoms with E-state index in [4.69, 9.17) is 9.47 Å². The van der Waals surface area contributed by atoms with Crippen molar-refractivity contribution >= 4 is 11.9 Å². The van der Waals surface area contributed by atoms with E-state index in [1.165, 1.54) is 5.56 Å². The van der Waals surface area contributed by atoms with Gasteiger partial charge in [0, 0.05) is 13.1 Å². The molecule has 5 heteroatoms. The van der Waals surface area contributed by atoms with Gasteiger partial charge in [-0.25, -0.2) is 0 Å². The monoisotopic (exact) mass is 333 g/mol. The Morgan fingerprint density at radius 2 is 2.08 bits per heavy atom. The summed E-state index contributed by atoms with van der Waals surface area (Å²) in [7, 11) is 0. The summed E-state index contributed by atoms with van der Waals surface area (Å²) >= 11 is 0. The van der Waals surface area contributed by atoms with E-state index >= 15 is 0 Å². The molecule has 1 amide bonds. The van der Waals surface area contributed by atoms with Gasteiger partial charge >= 0.3 is 5.97 Å². The molecule has 0 saturated carbocycles. The molecule has 0 radical (unpaired) electrons. The fourth-order valence-electron chi connectivity index (χ4n) is 2.94. The zero-order valence-electron chi connectivity index (χ0n) is 14.8. The van der Waals surface area contributed by atoms with Crippen LogP contribution < -0.4 is 4.74 Å². The molecule has 1 heterocycles. The Morgan fingerprint density at radius 1 is 1.29 bits per heavy atom. The van der Waals surface area contributed by atoms with E-state index in [-0.39, 0.29) is 17.8 Å². The van der Waals surface area contributed by atoms with Gasteiger partial charge in [-0.15, -0.1) is 0 Å². The average Bonchev–Trinajstić information content (AvgIpc) is 2.59. The predicted octanol–water partition coefficient (Wildman–Crippen LogP) is 2.87. The third kappa shape index (κ3) is 4.73. The van der Waals surface area contributed by atoms with Gasteiger partial charge in [-0.3, -0.25) is 9.59 Å². The lowest BCUT2D eigenvalue weighted by Gasteiger charge is -2.31. The third-order valence-electron chi connectivity index (χ3n) is 4.52. The summed E-state index contributed by atoms with van der Waals surface area (Å²) in [5, 5.41) is 0. The number of aryl methyl sites for hydroxylation is 1. The summed E-state index contributed by atoms with van der Waals surface area (Å²) in [6.45, 7) is 7.75. The maximum Gasteiger partial charge on any atom is 0.310 e. The second-order valence-corrected chi connectivity index (χ2v) is 6.23. The molecule has 24 heavy (non-hydrogen) atoms. The van der Waals surface area contributed by atoms with Crippen LogP contribution in [0.3, 0.4) is 0 Å². The highest BCUT2D eigenvalue weighted by Gasteiger charge is 2.29. The van der Waals surface area contributed by atoms with E-state index in [0.29, 0.717) is 32.7 Å². The maximum absolute atomic E-state index is 12.4. The molecule has 1 aliphatic rings. The second-order valence-electron chi connectivity index (χ2n) is 6.23. The van der Waals surface area contributed by atoms with Crippen LogP contribution in [0, 0.1) is 19.8 Å². The van der Waals surface area contributed by atoms with Gasteiger partial charge in [0.2, 0.25) is 5.91 Å². The molecular formula is C19H27NO4. The summed E-state index contributed by atoms with van der Waals surface area (Å²) < 4.78 is 10.8. The summed E-state index contributed by atoms with van der Waals surface area (Å²) in [5.74, 6) is 0.476. The molecule has 2 rings (SSSR count). The van der Waals surface area contributed by atoms with E-state index in [0.717, 1.165) is 24.2 Å². The first-order chi connectivity index (χ1) is 11.5. The van der Waals surface area contributed by atoms with E-state index in [2.05, 4.69) is 0 Å². The Morgan fingerprint density at radius 3 is 2.83 bits per heavy atom. The van der Waals surface area contributed by atoms with Crippen LogP contribution in [0.4, 0.5) is 0 Å². The van der Waals surface area contributed by atoms with E-state index in [9.17, 15) is 9.59 Å². The van der Waals surface area contributed by atoms with Crippen LogP contribution >= 0.6 is 0 Å². The molecule has 0 aromatic heterocycles. The SMILES string of the molecule is CCOC(=O)C1CCCN(C(=O)CCOc2cccc(C)c2C)C1. The van der Waals surface area contributed by atoms with Crippen molar-refractivity contribution in [2.75, 3.05) is 26.3 Å². The minimum Gasteiger partial charge on any atom is -0.493 e. The first kappa shape index (κ1) is 18.3. The van der Waals surface area contributed by atoms with Crippen LogP contribution in [-0.2, 0) is 14.3 Å². The number of carbonyl (C=O) groups is 2. The number of amides is 1. The smallest absolute Gasteiger partial charge is 0.310 e. The van der Waals surface area contributed by atoms with Crippen molar-refractivity contribution in [1.29, 1.82) is 0 Å². The van der Waals surface area contributed by atoms with Crippen molar-refractivity contribution in [3.05, 3.63) is 29.3 Å². The molecule has 0 N–H and O–H groups in total. The second kappa shape index (κ2) is 8.71. The number of rotatable bonds is 6. The lowest BCUT2D eigenvalue weighted by atomic mass is 9.98. The van der Waals surface area contributed by atoms with Crippen molar-refractivity contribution in [2.24, 2.45) is 5.92 Å². The molecule has 1 fully saturated rings. The molecule has 1 atom stereocenters. The minimum absolute atomic E-state index is 0.0364. The molecule has 0 bridgehead atoms. The number of nitrogens with zero attached hydrogens (tertiary/aromatic N) is 1. The first-order valence-corrected chi connectivity index (χ1v) is 8.66. The molecule has 0 spiro atoms. The fourth-order valence-corrected chi connectivity index (χ4v) is 2.94. The largest absolute Gasteiger partial charge is 0.493 e. The lowest BCUT2D eigenvalue weighted by Crippen LogP contribution is -2.43. The quantitative estimate of drug-likeness (QED) is 0.751. The summed E-state index contributed by atoms with van der Waals surface area (Å²) in [4.78, 5) is 26.0. The Kier molecular flexibility index (Phi) is 6.64. The molecule has 1 aliphatic heterocycles. The standard InChI is InChI=1S/C19H27NO4/c1-4-23-19(22)16-8-6-11-20(13-16)18(21)10-12-24-17-9-5-7-14(2)15(17)3/h5,7,9,16H,4,6,8,10-13H2,1-3H3. The van der Waals surface area contributed by atoms with Crippen LogP contribution in [0.1, 0.15) is 37.3 Å². The number of piperidine rings is 1. The van der Waals surface area contributed by atoms with Crippen LogP contribution in [0.2, 0.25) is 0 Å². The number of hydrogen-bond acceptors (Lipinski definition) is 4. The van der Waals surface area contributed by atoms with Gasteiger partial charge in [-0.05, 0) is 50.8 Å². The van der Waals surface area contributed by atoms with E-state index in [1.807, 2.05) is 32.0 Å². The molecule has 1 aromatic rings. The van der Waals surface area contributed by atoms with Crippen molar-refractivity contribution in [1.82, 2.24) is 4.90 Å². The predicted molar refractivity (Wildman–Crippen MR) is 92.0 cm³/mol.